The highest BCUT2D eigenvalue weighted by molar-refractivity contribution is 7.47. The number of ether oxygens (including phenoxy) is 4. The van der Waals surface area contributed by atoms with E-state index in [0.29, 0.717) is 25.7 Å². The van der Waals surface area contributed by atoms with Crippen LogP contribution in [0.3, 0.4) is 0 Å². The summed E-state index contributed by atoms with van der Waals surface area (Å²) in [5.74, 6) is -0.575. The van der Waals surface area contributed by atoms with E-state index in [9.17, 15) is 43.2 Å². The first-order chi connectivity index (χ1) is 49.4. The number of carbonyl (C=O) groups excluding carboxylic acids is 4. The van der Waals surface area contributed by atoms with E-state index in [4.69, 9.17) is 37.0 Å². The van der Waals surface area contributed by atoms with Crippen LogP contribution < -0.4 is 0 Å². The van der Waals surface area contributed by atoms with Gasteiger partial charge < -0.3 is 33.8 Å². The molecule has 0 heterocycles. The molecule has 0 aliphatic carbocycles. The Morgan fingerprint density at radius 3 is 0.667 bits per heavy atom. The highest BCUT2D eigenvalue weighted by Crippen LogP contribution is 2.45. The molecule has 0 spiro atoms. The summed E-state index contributed by atoms with van der Waals surface area (Å²) in [7, 11) is -9.92. The summed E-state index contributed by atoms with van der Waals surface area (Å²) < 4.78 is 68.8. The van der Waals surface area contributed by atoms with Gasteiger partial charge in [-0.25, -0.2) is 9.13 Å². The van der Waals surface area contributed by atoms with E-state index in [2.05, 4.69) is 41.5 Å². The summed E-state index contributed by atoms with van der Waals surface area (Å²) >= 11 is 0. The standard InChI is InChI=1S/C83H162O17P2/c1-7-9-11-13-15-17-19-21-23-24-25-26-27-28-29-31-35-44-50-56-62-68-83(88)99-78(71-93-80(85)65-59-53-47-41-36-32-33-39-45-51-57-63-75(3)4)73-97-101(89,90)95-69-77(84)70-96-102(91,92)98-74-79(72-94-81(86)66-60-54-48-42-38-37-40-46-52-58-64-76(5)6)100-82(87)67-61-55-49-43-34-30-22-20-18-16-14-12-10-8-2/h75-79,84H,7-74H2,1-6H3,(H,89,90)(H,91,92)/t77-,78-,79-/m1/s1. The van der Waals surface area contributed by atoms with E-state index in [1.54, 1.807) is 0 Å². The zero-order valence-electron chi connectivity index (χ0n) is 66.9. The van der Waals surface area contributed by atoms with Crippen molar-refractivity contribution in [2.75, 3.05) is 39.6 Å². The lowest BCUT2D eigenvalue weighted by Crippen LogP contribution is -2.30. The molecule has 0 rings (SSSR count). The molecule has 0 amide bonds. The molecule has 0 aliphatic rings. The average Bonchev–Trinajstić information content (AvgIpc) is 0.918. The maximum Gasteiger partial charge on any atom is 0.472 e. The fraction of sp³-hybridized carbons (Fsp3) is 0.952. The average molecular weight is 1490 g/mol. The molecule has 0 aliphatic heterocycles. The number of hydrogen-bond donors (Lipinski definition) is 3. The predicted molar refractivity (Wildman–Crippen MR) is 418 cm³/mol. The molecule has 0 radical (unpaired) electrons. The Morgan fingerprint density at radius 1 is 0.265 bits per heavy atom. The minimum Gasteiger partial charge on any atom is -0.462 e. The third-order valence-electron chi connectivity index (χ3n) is 19.5. The summed E-state index contributed by atoms with van der Waals surface area (Å²) in [5, 5.41) is 10.7. The maximum absolute atomic E-state index is 13.1. The van der Waals surface area contributed by atoms with E-state index < -0.39 is 97.5 Å². The monoisotopic (exact) mass is 1490 g/mol. The molecule has 0 saturated carbocycles. The van der Waals surface area contributed by atoms with E-state index in [0.717, 1.165) is 102 Å². The third-order valence-corrected chi connectivity index (χ3v) is 21.4. The second kappa shape index (κ2) is 74.5. The number of unbranched alkanes of at least 4 members (excludes halogenated alkanes) is 52. The van der Waals surface area contributed by atoms with Gasteiger partial charge in [-0.2, -0.15) is 0 Å². The molecule has 0 aromatic rings. The van der Waals surface area contributed by atoms with Gasteiger partial charge in [-0.3, -0.25) is 37.3 Å². The van der Waals surface area contributed by atoms with E-state index in [1.807, 2.05) is 0 Å². The lowest BCUT2D eigenvalue weighted by Gasteiger charge is -2.21. The Morgan fingerprint density at radius 2 is 0.451 bits per heavy atom. The van der Waals surface area contributed by atoms with Crippen molar-refractivity contribution in [2.24, 2.45) is 11.8 Å². The number of aliphatic hydroxyl groups excluding tert-OH is 1. The van der Waals surface area contributed by atoms with Crippen molar-refractivity contribution >= 4 is 39.5 Å². The summed E-state index contributed by atoms with van der Waals surface area (Å²) in [6.45, 7) is 9.65. The smallest absolute Gasteiger partial charge is 0.462 e. The zero-order valence-corrected chi connectivity index (χ0v) is 68.7. The van der Waals surface area contributed by atoms with Crippen LogP contribution in [0, 0.1) is 11.8 Å². The summed E-state index contributed by atoms with van der Waals surface area (Å²) in [5.41, 5.74) is 0. The summed E-state index contributed by atoms with van der Waals surface area (Å²) in [6.07, 6.45) is 65.2. The van der Waals surface area contributed by atoms with Crippen molar-refractivity contribution in [2.45, 2.75) is 458 Å². The minimum absolute atomic E-state index is 0.108. The van der Waals surface area contributed by atoms with Crippen LogP contribution in [0.25, 0.3) is 0 Å². The highest BCUT2D eigenvalue weighted by atomic mass is 31.2. The van der Waals surface area contributed by atoms with E-state index >= 15 is 0 Å². The third kappa shape index (κ3) is 76.3. The fourth-order valence-corrected chi connectivity index (χ4v) is 14.5. The quantitative estimate of drug-likeness (QED) is 0.0222. The molecule has 17 nitrogen and oxygen atoms in total. The van der Waals surface area contributed by atoms with Gasteiger partial charge in [0, 0.05) is 25.7 Å². The van der Waals surface area contributed by atoms with Crippen LogP contribution in [0.5, 0.6) is 0 Å². The van der Waals surface area contributed by atoms with Crippen molar-refractivity contribution in [1.29, 1.82) is 0 Å². The Kier molecular flexibility index (Phi) is 73.1. The topological polar surface area (TPSA) is 237 Å². The van der Waals surface area contributed by atoms with Gasteiger partial charge in [0.05, 0.1) is 26.4 Å². The fourth-order valence-electron chi connectivity index (χ4n) is 12.9. The molecule has 102 heavy (non-hydrogen) atoms. The van der Waals surface area contributed by atoms with Gasteiger partial charge in [0.2, 0.25) is 0 Å². The molecular formula is C83H162O17P2. The lowest BCUT2D eigenvalue weighted by molar-refractivity contribution is -0.161. The van der Waals surface area contributed by atoms with Crippen LogP contribution in [-0.2, 0) is 65.4 Å². The van der Waals surface area contributed by atoms with Gasteiger partial charge in [0.25, 0.3) is 0 Å². The van der Waals surface area contributed by atoms with Gasteiger partial charge in [-0.05, 0) is 37.5 Å². The molecule has 3 N–H and O–H groups in total. The highest BCUT2D eigenvalue weighted by Gasteiger charge is 2.30. The van der Waals surface area contributed by atoms with Gasteiger partial charge >= 0.3 is 39.5 Å². The number of esters is 4. The van der Waals surface area contributed by atoms with Crippen molar-refractivity contribution < 1.29 is 80.2 Å². The van der Waals surface area contributed by atoms with E-state index in [-0.39, 0.29) is 25.7 Å². The number of hydrogen-bond acceptors (Lipinski definition) is 15. The number of carbonyl (C=O) groups is 4. The normalized spacial score (nSPS) is 13.9. The number of aliphatic hydroxyl groups is 1. The van der Waals surface area contributed by atoms with Crippen LogP contribution in [0.4, 0.5) is 0 Å². The SMILES string of the molecule is CCCCCCCCCCCCCCCCCCCCCCCC(=O)O[C@H](COC(=O)CCCCCCCCCCCCCC(C)C)COP(=O)(O)OC[C@@H](O)COP(=O)(O)OC[C@@H](COC(=O)CCCCCCCCCCCCC(C)C)OC(=O)CCCCCCCCCCCCCCCC. The number of phosphoric ester groups is 2. The first kappa shape index (κ1) is 100. The van der Waals surface area contributed by atoms with Crippen LogP contribution in [0.2, 0.25) is 0 Å². The van der Waals surface area contributed by atoms with Gasteiger partial charge in [-0.1, -0.05) is 388 Å². The molecule has 0 saturated heterocycles. The molecular weight excluding hydrogens is 1330 g/mol. The van der Waals surface area contributed by atoms with Gasteiger partial charge in [0.1, 0.15) is 19.3 Å². The molecule has 2 unspecified atom stereocenters. The zero-order chi connectivity index (χ0) is 74.9. The maximum atomic E-state index is 13.1. The van der Waals surface area contributed by atoms with Crippen LogP contribution in [0.15, 0.2) is 0 Å². The molecule has 0 aromatic heterocycles. The number of rotatable bonds is 82. The van der Waals surface area contributed by atoms with Gasteiger partial charge in [-0.15, -0.1) is 0 Å². The van der Waals surface area contributed by atoms with Crippen molar-refractivity contribution in [1.82, 2.24) is 0 Å². The Labute approximate surface area is 626 Å². The Hall–Kier alpha value is -1.94. The Bertz CT molecular complexity index is 1960. The first-order valence-electron chi connectivity index (χ1n) is 43.0. The van der Waals surface area contributed by atoms with Crippen LogP contribution >= 0.6 is 15.6 Å². The number of phosphoric acid groups is 2. The molecule has 606 valence electrons. The largest absolute Gasteiger partial charge is 0.472 e. The molecule has 0 aromatic carbocycles. The second-order valence-corrected chi connectivity index (χ2v) is 33.7. The summed E-state index contributed by atoms with van der Waals surface area (Å²) in [4.78, 5) is 73.1. The first-order valence-corrected chi connectivity index (χ1v) is 46.0. The van der Waals surface area contributed by atoms with Crippen molar-refractivity contribution in [3.63, 3.8) is 0 Å². The van der Waals surface area contributed by atoms with Crippen LogP contribution in [-0.4, -0.2) is 96.7 Å². The Balaban J connectivity index is 5.24. The molecule has 0 bridgehead atoms. The summed E-state index contributed by atoms with van der Waals surface area (Å²) in [6, 6.07) is 0. The van der Waals surface area contributed by atoms with Crippen LogP contribution in [0.1, 0.15) is 440 Å². The van der Waals surface area contributed by atoms with Crippen molar-refractivity contribution in [3.8, 4) is 0 Å². The second-order valence-electron chi connectivity index (χ2n) is 30.8. The van der Waals surface area contributed by atoms with Gasteiger partial charge in [0.15, 0.2) is 12.2 Å². The van der Waals surface area contributed by atoms with E-state index in [1.165, 1.54) is 257 Å². The molecule has 5 atom stereocenters. The molecule has 0 fully saturated rings. The predicted octanol–water partition coefficient (Wildman–Crippen LogP) is 25.1. The lowest BCUT2D eigenvalue weighted by atomic mass is 10.0. The minimum atomic E-state index is -4.96. The molecule has 19 heteroatoms. The van der Waals surface area contributed by atoms with Crippen molar-refractivity contribution in [3.05, 3.63) is 0 Å².